The SMILES string of the molecule is CCCOc1ccc(NC(=O)OCC(F)(F)F)cc1OCCC. The van der Waals surface area contributed by atoms with Crippen LogP contribution in [0.2, 0.25) is 0 Å². The van der Waals surface area contributed by atoms with Crippen LogP contribution in [0.5, 0.6) is 11.5 Å². The molecule has 0 atom stereocenters. The molecule has 23 heavy (non-hydrogen) atoms. The summed E-state index contributed by atoms with van der Waals surface area (Å²) in [5, 5.41) is 2.22. The average Bonchev–Trinajstić information content (AvgIpc) is 2.49. The summed E-state index contributed by atoms with van der Waals surface area (Å²) in [4.78, 5) is 11.3. The zero-order valence-corrected chi connectivity index (χ0v) is 13.0. The smallest absolute Gasteiger partial charge is 0.422 e. The first-order chi connectivity index (χ1) is 10.9. The van der Waals surface area contributed by atoms with E-state index in [9.17, 15) is 18.0 Å². The van der Waals surface area contributed by atoms with Crippen molar-refractivity contribution in [1.29, 1.82) is 0 Å². The predicted molar refractivity (Wildman–Crippen MR) is 79.0 cm³/mol. The van der Waals surface area contributed by atoms with Gasteiger partial charge >= 0.3 is 12.3 Å². The first kappa shape index (κ1) is 18.9. The number of halogens is 3. The van der Waals surface area contributed by atoms with Gasteiger partial charge in [0.2, 0.25) is 0 Å². The molecule has 1 N–H and O–H groups in total. The summed E-state index contributed by atoms with van der Waals surface area (Å²) in [6, 6.07) is 4.56. The van der Waals surface area contributed by atoms with Crippen LogP contribution in [0.15, 0.2) is 18.2 Å². The summed E-state index contributed by atoms with van der Waals surface area (Å²) in [5.41, 5.74) is 0.257. The lowest BCUT2D eigenvalue weighted by Gasteiger charge is -2.14. The number of alkyl halides is 3. The molecule has 5 nitrogen and oxygen atoms in total. The van der Waals surface area contributed by atoms with E-state index in [1.54, 1.807) is 6.07 Å². The van der Waals surface area contributed by atoms with Gasteiger partial charge in [0.15, 0.2) is 18.1 Å². The Morgan fingerprint density at radius 1 is 1.09 bits per heavy atom. The number of ether oxygens (including phenoxy) is 3. The predicted octanol–water partition coefficient (Wildman–Crippen LogP) is 4.38. The lowest BCUT2D eigenvalue weighted by molar-refractivity contribution is -0.159. The molecular formula is C15H20F3NO4. The summed E-state index contributed by atoms with van der Waals surface area (Å²) in [6.45, 7) is 3.20. The van der Waals surface area contributed by atoms with Gasteiger partial charge in [0.25, 0.3) is 0 Å². The molecule has 0 aliphatic heterocycles. The molecule has 0 aromatic heterocycles. The van der Waals surface area contributed by atoms with Crippen molar-refractivity contribution >= 4 is 11.8 Å². The van der Waals surface area contributed by atoms with Gasteiger partial charge in [-0.2, -0.15) is 13.2 Å². The van der Waals surface area contributed by atoms with E-state index in [0.29, 0.717) is 24.7 Å². The van der Waals surface area contributed by atoms with Crippen molar-refractivity contribution < 1.29 is 32.2 Å². The third-order valence-electron chi connectivity index (χ3n) is 2.48. The minimum atomic E-state index is -4.56. The summed E-state index contributed by atoms with van der Waals surface area (Å²) >= 11 is 0. The third kappa shape index (κ3) is 7.62. The van der Waals surface area contributed by atoms with E-state index in [1.807, 2.05) is 13.8 Å². The number of carbonyl (C=O) groups is 1. The van der Waals surface area contributed by atoms with E-state index >= 15 is 0 Å². The summed E-state index contributed by atoms with van der Waals surface area (Å²) in [5.74, 6) is 0.920. The number of benzene rings is 1. The number of amides is 1. The molecule has 0 saturated carbocycles. The Morgan fingerprint density at radius 3 is 2.26 bits per heavy atom. The second-order valence-corrected chi connectivity index (χ2v) is 4.67. The monoisotopic (exact) mass is 335 g/mol. The molecule has 0 spiro atoms. The van der Waals surface area contributed by atoms with Gasteiger partial charge in [-0.25, -0.2) is 4.79 Å². The fourth-order valence-corrected chi connectivity index (χ4v) is 1.54. The number of hydrogen-bond acceptors (Lipinski definition) is 4. The van der Waals surface area contributed by atoms with E-state index in [1.165, 1.54) is 12.1 Å². The fourth-order valence-electron chi connectivity index (χ4n) is 1.54. The quantitative estimate of drug-likeness (QED) is 0.766. The molecule has 1 amide bonds. The van der Waals surface area contributed by atoms with E-state index < -0.39 is 18.9 Å². The summed E-state index contributed by atoms with van der Waals surface area (Å²) in [6.07, 6.45) is -4.16. The maximum absolute atomic E-state index is 12.0. The normalized spacial score (nSPS) is 11.0. The van der Waals surface area contributed by atoms with E-state index in [-0.39, 0.29) is 5.69 Å². The molecule has 1 aromatic rings. The van der Waals surface area contributed by atoms with Gasteiger partial charge < -0.3 is 14.2 Å². The van der Waals surface area contributed by atoms with Gasteiger partial charge in [0.05, 0.1) is 13.2 Å². The van der Waals surface area contributed by atoms with Gasteiger partial charge in [0, 0.05) is 11.8 Å². The third-order valence-corrected chi connectivity index (χ3v) is 2.48. The molecule has 0 radical (unpaired) electrons. The van der Waals surface area contributed by atoms with Crippen LogP contribution in [0.1, 0.15) is 26.7 Å². The number of anilines is 1. The van der Waals surface area contributed by atoms with Crippen molar-refractivity contribution in [1.82, 2.24) is 0 Å². The molecule has 0 saturated heterocycles. The Kier molecular flexibility index (Phi) is 7.50. The highest BCUT2D eigenvalue weighted by atomic mass is 19.4. The molecule has 0 aliphatic carbocycles. The number of hydrogen-bond donors (Lipinski definition) is 1. The van der Waals surface area contributed by atoms with Crippen LogP contribution in [0, 0.1) is 0 Å². The molecule has 0 fully saturated rings. The van der Waals surface area contributed by atoms with Gasteiger partial charge in [-0.3, -0.25) is 5.32 Å². The fraction of sp³-hybridized carbons (Fsp3) is 0.533. The molecule has 1 aromatic carbocycles. The lowest BCUT2D eigenvalue weighted by Crippen LogP contribution is -2.23. The van der Waals surface area contributed by atoms with Crippen molar-refractivity contribution in [2.45, 2.75) is 32.9 Å². The molecular weight excluding hydrogens is 315 g/mol. The topological polar surface area (TPSA) is 56.8 Å². The van der Waals surface area contributed by atoms with Crippen LogP contribution in [0.4, 0.5) is 23.7 Å². The highest BCUT2D eigenvalue weighted by Crippen LogP contribution is 2.31. The zero-order chi connectivity index (χ0) is 17.3. The maximum Gasteiger partial charge on any atom is 0.422 e. The van der Waals surface area contributed by atoms with Crippen molar-refractivity contribution in [2.24, 2.45) is 0 Å². The van der Waals surface area contributed by atoms with Crippen LogP contribution < -0.4 is 14.8 Å². The standard InChI is InChI=1S/C15H20F3NO4/c1-3-7-21-12-6-5-11(9-13(12)22-8-4-2)19-14(20)23-10-15(16,17)18/h5-6,9H,3-4,7-8,10H2,1-2H3,(H,19,20). The Balaban J connectivity index is 2.73. The first-order valence-electron chi connectivity index (χ1n) is 7.26. The molecule has 0 bridgehead atoms. The second kappa shape index (κ2) is 9.12. The first-order valence-corrected chi connectivity index (χ1v) is 7.26. The number of carbonyl (C=O) groups excluding carboxylic acids is 1. The number of rotatable bonds is 8. The van der Waals surface area contributed by atoms with E-state index in [4.69, 9.17) is 9.47 Å². The van der Waals surface area contributed by atoms with Crippen LogP contribution in [-0.4, -0.2) is 32.1 Å². The van der Waals surface area contributed by atoms with Crippen molar-refractivity contribution in [3.63, 3.8) is 0 Å². The maximum atomic E-state index is 12.0. The molecule has 1 rings (SSSR count). The van der Waals surface area contributed by atoms with Gasteiger partial charge in [0.1, 0.15) is 0 Å². The van der Waals surface area contributed by atoms with Gasteiger partial charge in [-0.1, -0.05) is 13.8 Å². The summed E-state index contributed by atoms with van der Waals surface area (Å²) in [7, 11) is 0. The molecule has 0 heterocycles. The molecule has 130 valence electrons. The minimum Gasteiger partial charge on any atom is -0.490 e. The average molecular weight is 335 g/mol. The van der Waals surface area contributed by atoms with E-state index in [2.05, 4.69) is 10.1 Å². The van der Waals surface area contributed by atoms with Crippen molar-refractivity contribution in [3.05, 3.63) is 18.2 Å². The largest absolute Gasteiger partial charge is 0.490 e. The Morgan fingerprint density at radius 2 is 1.70 bits per heavy atom. The van der Waals surface area contributed by atoms with Crippen molar-refractivity contribution in [2.75, 3.05) is 25.1 Å². The minimum absolute atomic E-state index is 0.257. The zero-order valence-electron chi connectivity index (χ0n) is 13.0. The molecule has 0 unspecified atom stereocenters. The Bertz CT molecular complexity index is 506. The second-order valence-electron chi connectivity index (χ2n) is 4.67. The number of nitrogens with one attached hydrogen (secondary N) is 1. The summed E-state index contributed by atoms with van der Waals surface area (Å²) < 4.78 is 51.1. The van der Waals surface area contributed by atoms with Crippen LogP contribution in [0.25, 0.3) is 0 Å². The highest BCUT2D eigenvalue weighted by Gasteiger charge is 2.29. The Hall–Kier alpha value is -2.12. The highest BCUT2D eigenvalue weighted by molar-refractivity contribution is 5.85. The van der Waals surface area contributed by atoms with Gasteiger partial charge in [-0.05, 0) is 25.0 Å². The Labute approximate surface area is 132 Å². The lowest BCUT2D eigenvalue weighted by atomic mass is 10.2. The van der Waals surface area contributed by atoms with Crippen molar-refractivity contribution in [3.8, 4) is 11.5 Å². The van der Waals surface area contributed by atoms with Crippen LogP contribution in [-0.2, 0) is 4.74 Å². The van der Waals surface area contributed by atoms with E-state index in [0.717, 1.165) is 12.8 Å². The molecule has 0 aliphatic rings. The molecule has 8 heteroatoms. The van der Waals surface area contributed by atoms with Crippen LogP contribution in [0.3, 0.4) is 0 Å². The van der Waals surface area contributed by atoms with Gasteiger partial charge in [-0.15, -0.1) is 0 Å². The van der Waals surface area contributed by atoms with Crippen LogP contribution >= 0.6 is 0 Å².